The fourth-order valence-electron chi connectivity index (χ4n) is 3.26. The number of hydrogen-bond acceptors (Lipinski definition) is 3. The molecule has 2 heterocycles. The molecule has 1 N–H and O–H groups in total. The first-order valence-corrected chi connectivity index (χ1v) is 9.43. The van der Waals surface area contributed by atoms with Crippen LogP contribution in [0.5, 0.6) is 0 Å². The van der Waals surface area contributed by atoms with Crippen LogP contribution in [0.4, 0.5) is 21.9 Å². The minimum Gasteiger partial charge on any atom is -0.307 e. The fourth-order valence-corrected chi connectivity index (χ4v) is 4.31. The smallest absolute Gasteiger partial charge is 0.307 e. The highest BCUT2D eigenvalue weighted by Crippen LogP contribution is 2.48. The third-order valence-electron chi connectivity index (χ3n) is 4.49. The molecule has 27 heavy (non-hydrogen) atoms. The molecule has 0 spiro atoms. The summed E-state index contributed by atoms with van der Waals surface area (Å²) >= 11 is 1.68. The number of carbonyl (C=O) groups is 1. The van der Waals surface area contributed by atoms with Crippen molar-refractivity contribution in [1.82, 2.24) is 4.98 Å². The summed E-state index contributed by atoms with van der Waals surface area (Å²) < 4.78 is 0. The van der Waals surface area contributed by atoms with E-state index in [1.54, 1.807) is 22.9 Å². The molecule has 2 amide bonds. The van der Waals surface area contributed by atoms with Crippen LogP contribution in [0.3, 0.4) is 0 Å². The predicted molar refractivity (Wildman–Crippen MR) is 110 cm³/mol. The Kier molecular flexibility index (Phi) is 3.80. The zero-order chi connectivity index (χ0) is 18.2. The van der Waals surface area contributed by atoms with Crippen molar-refractivity contribution in [2.75, 3.05) is 10.2 Å². The Balaban J connectivity index is 1.54. The number of nitrogens with one attached hydrogen (secondary N) is 1. The molecular formula is C22H15N3OS. The van der Waals surface area contributed by atoms with Gasteiger partial charge in [0.05, 0.1) is 16.9 Å². The Hall–Kier alpha value is -3.31. The number of pyridine rings is 1. The number of aromatic nitrogens is 1. The molecule has 4 nitrogen and oxygen atoms in total. The van der Waals surface area contributed by atoms with Crippen LogP contribution in [-0.2, 0) is 0 Å². The van der Waals surface area contributed by atoms with Crippen LogP contribution in [0.1, 0.15) is 0 Å². The van der Waals surface area contributed by atoms with Crippen molar-refractivity contribution in [2.24, 2.45) is 0 Å². The number of hydrogen-bond donors (Lipinski definition) is 1. The second kappa shape index (κ2) is 6.45. The van der Waals surface area contributed by atoms with E-state index in [9.17, 15) is 4.79 Å². The molecule has 0 saturated heterocycles. The number of urea groups is 1. The van der Waals surface area contributed by atoms with E-state index in [1.807, 2.05) is 78.9 Å². The molecule has 1 aliphatic heterocycles. The number of nitrogens with zero attached hydrogens (tertiary/aromatic N) is 2. The van der Waals surface area contributed by atoms with Crippen LogP contribution >= 0.6 is 11.8 Å². The van der Waals surface area contributed by atoms with Crippen molar-refractivity contribution >= 4 is 45.8 Å². The molecule has 0 saturated carbocycles. The van der Waals surface area contributed by atoms with Crippen molar-refractivity contribution in [2.45, 2.75) is 9.79 Å². The van der Waals surface area contributed by atoms with E-state index < -0.39 is 0 Å². The van der Waals surface area contributed by atoms with Gasteiger partial charge in [0.1, 0.15) is 0 Å². The number of fused-ring (bicyclic) bond motifs is 3. The van der Waals surface area contributed by atoms with Gasteiger partial charge >= 0.3 is 6.03 Å². The van der Waals surface area contributed by atoms with Crippen molar-refractivity contribution < 1.29 is 4.79 Å². The lowest BCUT2D eigenvalue weighted by Gasteiger charge is -2.31. The molecule has 0 bridgehead atoms. The molecule has 4 aromatic rings. The number of anilines is 3. The van der Waals surface area contributed by atoms with Gasteiger partial charge < -0.3 is 5.32 Å². The monoisotopic (exact) mass is 369 g/mol. The second-order valence-electron chi connectivity index (χ2n) is 6.21. The molecule has 0 aliphatic carbocycles. The maximum atomic E-state index is 13.2. The van der Waals surface area contributed by atoms with Crippen LogP contribution in [0.25, 0.3) is 10.9 Å². The third kappa shape index (κ3) is 2.82. The zero-order valence-electron chi connectivity index (χ0n) is 14.3. The van der Waals surface area contributed by atoms with Gasteiger partial charge in [0.15, 0.2) is 0 Å². The van der Waals surface area contributed by atoms with Crippen LogP contribution in [0.15, 0.2) is 94.9 Å². The first-order valence-electron chi connectivity index (χ1n) is 8.61. The highest BCUT2D eigenvalue weighted by molar-refractivity contribution is 7.99. The first-order chi connectivity index (χ1) is 13.3. The zero-order valence-corrected chi connectivity index (χ0v) is 15.1. The van der Waals surface area contributed by atoms with Gasteiger partial charge in [-0.2, -0.15) is 0 Å². The minimum atomic E-state index is -0.182. The predicted octanol–water partition coefficient (Wildman–Crippen LogP) is 6.07. The third-order valence-corrected chi connectivity index (χ3v) is 5.62. The lowest BCUT2D eigenvalue weighted by atomic mass is 10.2. The number of rotatable bonds is 1. The number of carbonyl (C=O) groups excluding carboxylic acids is 1. The fraction of sp³-hybridized carbons (Fsp3) is 0. The standard InChI is InChI=1S/C22H15N3OS/c26-22(24-16-11-12-17-15(14-16)6-5-13-23-17)25-18-7-1-3-9-20(18)27-21-10-4-2-8-19(21)25/h1-14H,(H,24,26). The average molecular weight is 369 g/mol. The number of para-hydroxylation sites is 2. The van der Waals surface area contributed by atoms with Gasteiger partial charge in [-0.15, -0.1) is 0 Å². The van der Waals surface area contributed by atoms with E-state index in [0.717, 1.165) is 37.8 Å². The van der Waals surface area contributed by atoms with E-state index in [4.69, 9.17) is 0 Å². The minimum absolute atomic E-state index is 0.182. The maximum Gasteiger partial charge on any atom is 0.331 e. The van der Waals surface area contributed by atoms with E-state index in [2.05, 4.69) is 10.3 Å². The molecule has 0 atom stereocenters. The summed E-state index contributed by atoms with van der Waals surface area (Å²) in [4.78, 5) is 21.4. The SMILES string of the molecule is O=C(Nc1ccc2ncccc2c1)N1c2ccccc2Sc2ccccc21. The summed E-state index contributed by atoms with van der Waals surface area (Å²) in [6.45, 7) is 0. The summed E-state index contributed by atoms with van der Waals surface area (Å²) in [6, 6.07) is 25.4. The van der Waals surface area contributed by atoms with Crippen molar-refractivity contribution in [1.29, 1.82) is 0 Å². The molecule has 1 aromatic heterocycles. The largest absolute Gasteiger partial charge is 0.331 e. The summed E-state index contributed by atoms with van der Waals surface area (Å²) in [5.74, 6) is 0. The lowest BCUT2D eigenvalue weighted by Crippen LogP contribution is -2.32. The maximum absolute atomic E-state index is 13.2. The van der Waals surface area contributed by atoms with Crippen molar-refractivity contribution in [3.8, 4) is 0 Å². The Labute approximate surface area is 160 Å². The van der Waals surface area contributed by atoms with Crippen molar-refractivity contribution in [3.63, 3.8) is 0 Å². The quantitative estimate of drug-likeness (QED) is 0.443. The molecule has 0 unspecified atom stereocenters. The number of benzene rings is 3. The van der Waals surface area contributed by atoms with Crippen LogP contribution in [-0.4, -0.2) is 11.0 Å². The van der Waals surface area contributed by atoms with Crippen LogP contribution in [0.2, 0.25) is 0 Å². The van der Waals surface area contributed by atoms with Gasteiger partial charge in [0.2, 0.25) is 0 Å². The Morgan fingerprint density at radius 3 is 2.30 bits per heavy atom. The molecule has 5 rings (SSSR count). The van der Waals surface area contributed by atoms with E-state index in [-0.39, 0.29) is 6.03 Å². The van der Waals surface area contributed by atoms with Crippen LogP contribution in [0, 0.1) is 0 Å². The lowest BCUT2D eigenvalue weighted by molar-refractivity contribution is 0.259. The Morgan fingerprint density at radius 1 is 0.852 bits per heavy atom. The van der Waals surface area contributed by atoms with Crippen molar-refractivity contribution in [3.05, 3.63) is 85.1 Å². The summed E-state index contributed by atoms with van der Waals surface area (Å²) in [6.07, 6.45) is 1.76. The summed E-state index contributed by atoms with van der Waals surface area (Å²) in [5.41, 5.74) is 3.43. The van der Waals surface area contributed by atoms with E-state index in [1.165, 1.54) is 0 Å². The van der Waals surface area contributed by atoms with Gasteiger partial charge in [-0.25, -0.2) is 4.79 Å². The van der Waals surface area contributed by atoms with Crippen LogP contribution < -0.4 is 10.2 Å². The highest BCUT2D eigenvalue weighted by atomic mass is 32.2. The molecular weight excluding hydrogens is 354 g/mol. The number of amides is 2. The normalized spacial score (nSPS) is 12.4. The Morgan fingerprint density at radius 2 is 1.56 bits per heavy atom. The first kappa shape index (κ1) is 15.9. The van der Waals surface area contributed by atoms with E-state index in [0.29, 0.717) is 0 Å². The van der Waals surface area contributed by atoms with E-state index >= 15 is 0 Å². The topological polar surface area (TPSA) is 45.2 Å². The second-order valence-corrected chi connectivity index (χ2v) is 7.30. The van der Waals surface area contributed by atoms with Gasteiger partial charge in [-0.1, -0.05) is 42.1 Å². The summed E-state index contributed by atoms with van der Waals surface area (Å²) in [7, 11) is 0. The van der Waals surface area contributed by atoms with Gasteiger partial charge in [-0.3, -0.25) is 9.88 Å². The van der Waals surface area contributed by atoms with Gasteiger partial charge in [-0.05, 0) is 48.5 Å². The molecule has 0 radical (unpaired) electrons. The summed E-state index contributed by atoms with van der Waals surface area (Å²) in [5, 5.41) is 4.03. The van der Waals surface area contributed by atoms with Gasteiger partial charge in [0.25, 0.3) is 0 Å². The molecule has 1 aliphatic rings. The highest BCUT2D eigenvalue weighted by Gasteiger charge is 2.27. The Bertz CT molecular complexity index is 1130. The molecule has 5 heteroatoms. The molecule has 3 aromatic carbocycles. The molecule has 130 valence electrons. The van der Waals surface area contributed by atoms with Gasteiger partial charge in [0, 0.05) is 27.1 Å². The average Bonchev–Trinajstić information content (AvgIpc) is 2.71. The molecule has 0 fully saturated rings.